The number of hydrogen-bond donors (Lipinski definition) is 1. The fraction of sp³-hybridized carbons (Fsp3) is 0.615. The monoisotopic (exact) mass is 441 g/mol. The molecule has 0 radical (unpaired) electrons. The highest BCUT2D eigenvalue weighted by molar-refractivity contribution is 5.81. The Morgan fingerprint density at radius 3 is 2.66 bits per heavy atom. The van der Waals surface area contributed by atoms with Crippen LogP contribution in [0, 0.1) is 5.92 Å². The number of esters is 1. The first-order valence-electron chi connectivity index (χ1n) is 12.2. The Morgan fingerprint density at radius 1 is 1.16 bits per heavy atom. The van der Waals surface area contributed by atoms with E-state index in [0.717, 1.165) is 74.6 Å². The molecule has 4 rings (SSSR count). The number of carbonyl (C=O) groups excluding carboxylic acids is 1. The highest BCUT2D eigenvalue weighted by atomic mass is 16.6. The highest BCUT2D eigenvalue weighted by Gasteiger charge is 2.48. The molecule has 2 aromatic rings. The normalized spacial score (nSPS) is 26.0. The Labute approximate surface area is 191 Å². The maximum Gasteiger partial charge on any atom is 0.343 e. The van der Waals surface area contributed by atoms with Crippen molar-refractivity contribution in [1.82, 2.24) is 5.16 Å². The number of ether oxygens (including phenoxy) is 1. The molecule has 2 fully saturated rings. The van der Waals surface area contributed by atoms with Crippen LogP contribution in [0.25, 0.3) is 0 Å². The molecule has 2 aliphatic rings. The summed E-state index contributed by atoms with van der Waals surface area (Å²) >= 11 is 0. The summed E-state index contributed by atoms with van der Waals surface area (Å²) in [6.07, 6.45) is 10.7. The van der Waals surface area contributed by atoms with Gasteiger partial charge in [0.2, 0.25) is 0 Å². The van der Waals surface area contributed by atoms with Crippen molar-refractivity contribution in [2.75, 3.05) is 26.7 Å². The van der Waals surface area contributed by atoms with Gasteiger partial charge in [0.15, 0.2) is 5.60 Å². The number of aromatic nitrogens is 1. The number of aryl methyl sites for hydroxylation is 1. The zero-order valence-corrected chi connectivity index (χ0v) is 19.2. The molecule has 32 heavy (non-hydrogen) atoms. The van der Waals surface area contributed by atoms with Gasteiger partial charge in [0.1, 0.15) is 18.9 Å². The Kier molecular flexibility index (Phi) is 7.31. The average Bonchev–Trinajstić information content (AvgIpc) is 3.48. The van der Waals surface area contributed by atoms with Crippen LogP contribution in [0.4, 0.5) is 0 Å². The minimum Gasteiger partial charge on any atom is -0.457 e. The van der Waals surface area contributed by atoms with E-state index in [1.54, 1.807) is 6.26 Å². The van der Waals surface area contributed by atoms with E-state index in [1.165, 1.54) is 6.42 Å². The Bertz CT molecular complexity index is 850. The fourth-order valence-corrected chi connectivity index (χ4v) is 5.74. The van der Waals surface area contributed by atoms with Crippen LogP contribution >= 0.6 is 0 Å². The van der Waals surface area contributed by atoms with Crippen molar-refractivity contribution >= 4 is 5.97 Å². The van der Waals surface area contributed by atoms with Gasteiger partial charge >= 0.3 is 5.97 Å². The number of aliphatic hydroxyl groups is 1. The summed E-state index contributed by atoms with van der Waals surface area (Å²) in [5.41, 5.74) is 0.0868. The first kappa shape index (κ1) is 23.0. The van der Waals surface area contributed by atoms with Crippen molar-refractivity contribution in [3.8, 4) is 0 Å². The molecule has 1 aliphatic carbocycles. The lowest BCUT2D eigenvalue weighted by Crippen LogP contribution is -2.52. The number of nitrogens with zero attached hydrogens (tertiary/aromatic N) is 2. The van der Waals surface area contributed by atoms with E-state index in [9.17, 15) is 9.90 Å². The third kappa shape index (κ3) is 4.91. The second kappa shape index (κ2) is 10.2. The van der Waals surface area contributed by atoms with Crippen LogP contribution in [0.2, 0.25) is 0 Å². The van der Waals surface area contributed by atoms with Gasteiger partial charge in [-0.15, -0.1) is 0 Å². The van der Waals surface area contributed by atoms with E-state index in [2.05, 4.69) is 12.2 Å². The first-order valence-corrected chi connectivity index (χ1v) is 12.2. The molecule has 3 atom stereocenters. The SMILES string of the molecule is C[N+]1(CCCc2ccon2)CCC[C@@H]1COC(=O)C(O)(c1ccccc1)C1CCCCC1. The minimum absolute atomic E-state index is 0.0851. The van der Waals surface area contributed by atoms with Gasteiger partial charge in [0.05, 0.1) is 25.8 Å². The number of carbonyl (C=O) groups is 1. The number of benzene rings is 1. The molecule has 1 N–H and O–H groups in total. The van der Waals surface area contributed by atoms with E-state index in [4.69, 9.17) is 9.26 Å². The molecule has 6 nitrogen and oxygen atoms in total. The van der Waals surface area contributed by atoms with Crippen LogP contribution in [0.3, 0.4) is 0 Å². The number of quaternary nitrogens is 1. The zero-order chi connectivity index (χ0) is 22.4. The largest absolute Gasteiger partial charge is 0.457 e. The summed E-state index contributed by atoms with van der Waals surface area (Å²) in [6, 6.07) is 11.6. The molecule has 174 valence electrons. The van der Waals surface area contributed by atoms with Crippen LogP contribution < -0.4 is 0 Å². The average molecular weight is 442 g/mol. The lowest BCUT2D eigenvalue weighted by Gasteiger charge is -2.39. The summed E-state index contributed by atoms with van der Waals surface area (Å²) < 4.78 is 11.7. The van der Waals surface area contributed by atoms with E-state index in [0.29, 0.717) is 12.2 Å². The van der Waals surface area contributed by atoms with Gasteiger partial charge < -0.3 is 18.8 Å². The standard InChI is InChI=1S/C26H37N2O4/c1-28(17-8-14-23-16-19-32-27-23)18-9-15-24(28)20-31-25(29)26(30,21-10-4-2-5-11-21)22-12-6-3-7-13-22/h2,4-5,10-11,16,19,22,24,30H,3,6-9,12-15,17-18,20H2,1H3/q+1/t24-,26?,28?/m1/s1. The Balaban J connectivity index is 1.40. The van der Waals surface area contributed by atoms with E-state index in [-0.39, 0.29) is 12.0 Å². The fourth-order valence-electron chi connectivity index (χ4n) is 5.74. The van der Waals surface area contributed by atoms with Crippen molar-refractivity contribution in [3.63, 3.8) is 0 Å². The molecule has 1 aliphatic heterocycles. The Hall–Kier alpha value is -2.18. The number of rotatable bonds is 9. The lowest BCUT2D eigenvalue weighted by molar-refractivity contribution is -0.921. The van der Waals surface area contributed by atoms with E-state index >= 15 is 0 Å². The summed E-state index contributed by atoms with van der Waals surface area (Å²) in [5, 5.41) is 15.7. The summed E-state index contributed by atoms with van der Waals surface area (Å²) in [7, 11) is 2.26. The summed E-state index contributed by atoms with van der Waals surface area (Å²) in [5.74, 6) is -0.560. The third-order valence-electron chi connectivity index (χ3n) is 7.81. The Morgan fingerprint density at radius 2 is 1.94 bits per heavy atom. The van der Waals surface area contributed by atoms with E-state index < -0.39 is 11.6 Å². The quantitative estimate of drug-likeness (QED) is 0.466. The van der Waals surface area contributed by atoms with Crippen LogP contribution in [-0.2, 0) is 21.6 Å². The number of likely N-dealkylation sites (tertiary alicyclic amines) is 1. The molecule has 0 amide bonds. The van der Waals surface area contributed by atoms with Crippen molar-refractivity contribution < 1.29 is 23.6 Å². The molecule has 2 heterocycles. The van der Waals surface area contributed by atoms with Gasteiger partial charge in [-0.1, -0.05) is 54.8 Å². The number of hydrogen-bond acceptors (Lipinski definition) is 5. The van der Waals surface area contributed by atoms with Crippen LogP contribution in [-0.4, -0.2) is 53.5 Å². The molecule has 0 bridgehead atoms. The molecule has 0 spiro atoms. The first-order chi connectivity index (χ1) is 15.5. The third-order valence-corrected chi connectivity index (χ3v) is 7.81. The second-order valence-corrected chi connectivity index (χ2v) is 9.88. The molecular weight excluding hydrogens is 404 g/mol. The van der Waals surface area contributed by atoms with Gasteiger partial charge in [0, 0.05) is 31.2 Å². The lowest BCUT2D eigenvalue weighted by atomic mass is 9.73. The predicted molar refractivity (Wildman–Crippen MR) is 122 cm³/mol. The molecule has 1 aromatic heterocycles. The molecule has 6 heteroatoms. The molecule has 1 aromatic carbocycles. The smallest absolute Gasteiger partial charge is 0.343 e. The molecule has 1 saturated carbocycles. The van der Waals surface area contributed by atoms with Crippen LogP contribution in [0.1, 0.15) is 62.6 Å². The van der Waals surface area contributed by atoms with Gasteiger partial charge in [-0.3, -0.25) is 0 Å². The van der Waals surface area contributed by atoms with Gasteiger partial charge in [-0.05, 0) is 24.8 Å². The van der Waals surface area contributed by atoms with Crippen LogP contribution in [0.5, 0.6) is 0 Å². The van der Waals surface area contributed by atoms with Crippen molar-refractivity contribution in [1.29, 1.82) is 0 Å². The number of likely N-dealkylation sites (N-methyl/N-ethyl adjacent to an activating group) is 1. The van der Waals surface area contributed by atoms with Crippen LogP contribution in [0.15, 0.2) is 47.2 Å². The minimum atomic E-state index is -1.56. The molecular formula is C26H37N2O4+. The molecule has 2 unspecified atom stereocenters. The topological polar surface area (TPSA) is 72.6 Å². The van der Waals surface area contributed by atoms with Crippen molar-refractivity contribution in [2.24, 2.45) is 5.92 Å². The van der Waals surface area contributed by atoms with Gasteiger partial charge in [-0.25, -0.2) is 4.79 Å². The van der Waals surface area contributed by atoms with Crippen molar-refractivity contribution in [2.45, 2.75) is 69.4 Å². The maximum atomic E-state index is 13.4. The predicted octanol–water partition coefficient (Wildman–Crippen LogP) is 4.23. The summed E-state index contributed by atoms with van der Waals surface area (Å²) in [6.45, 7) is 2.47. The van der Waals surface area contributed by atoms with Gasteiger partial charge in [0.25, 0.3) is 0 Å². The van der Waals surface area contributed by atoms with Gasteiger partial charge in [-0.2, -0.15) is 0 Å². The van der Waals surface area contributed by atoms with E-state index in [1.807, 2.05) is 36.4 Å². The van der Waals surface area contributed by atoms with Crippen molar-refractivity contribution in [3.05, 3.63) is 53.9 Å². The molecule has 1 saturated heterocycles. The second-order valence-electron chi connectivity index (χ2n) is 9.88. The maximum absolute atomic E-state index is 13.4. The zero-order valence-electron chi connectivity index (χ0n) is 19.2. The highest BCUT2D eigenvalue weighted by Crippen LogP contribution is 2.40. The summed E-state index contributed by atoms with van der Waals surface area (Å²) in [4.78, 5) is 13.4.